The van der Waals surface area contributed by atoms with Crippen molar-refractivity contribution in [3.8, 4) is 5.13 Å². The Balaban J connectivity index is 2.25. The molecule has 0 unspecified atom stereocenters. The van der Waals surface area contributed by atoms with Crippen molar-refractivity contribution in [2.45, 2.75) is 13.8 Å². The lowest BCUT2D eigenvalue weighted by Crippen LogP contribution is -2.00. The molecule has 2 N–H and O–H groups in total. The number of aryl methyl sites for hydroxylation is 2. The summed E-state index contributed by atoms with van der Waals surface area (Å²) in [6.07, 6.45) is 0. The average Bonchev–Trinajstić information content (AvgIpc) is 2.82. The van der Waals surface area contributed by atoms with Gasteiger partial charge in [-0.3, -0.25) is 0 Å². The molecule has 17 heavy (non-hydrogen) atoms. The van der Waals surface area contributed by atoms with E-state index in [0.717, 1.165) is 21.0 Å². The highest BCUT2D eigenvalue weighted by Crippen LogP contribution is 2.28. The largest absolute Gasteiger partial charge is 0.383 e. The lowest BCUT2D eigenvalue weighted by Gasteiger charge is -1.96. The number of para-hydroxylation sites is 1. The Bertz CT molecular complexity index is 696. The van der Waals surface area contributed by atoms with Crippen LogP contribution in [0.2, 0.25) is 0 Å². The molecule has 5 heteroatoms. The number of nitrogen functional groups attached to an aromatic ring is 1. The number of nitrogens with zero attached hydrogens (tertiary/aromatic N) is 3. The number of hydrogen-bond acceptors (Lipinski definition) is 4. The monoisotopic (exact) mass is 244 g/mol. The maximum Gasteiger partial charge on any atom is 0.213 e. The van der Waals surface area contributed by atoms with Crippen molar-refractivity contribution in [1.82, 2.24) is 14.8 Å². The zero-order valence-corrected chi connectivity index (χ0v) is 10.5. The van der Waals surface area contributed by atoms with Crippen molar-refractivity contribution in [1.29, 1.82) is 0 Å². The Morgan fingerprint density at radius 2 is 2.12 bits per heavy atom. The highest BCUT2D eigenvalue weighted by atomic mass is 32.1. The Kier molecular flexibility index (Phi) is 2.16. The van der Waals surface area contributed by atoms with Crippen LogP contribution >= 0.6 is 11.3 Å². The van der Waals surface area contributed by atoms with E-state index in [4.69, 9.17) is 5.73 Å². The Morgan fingerprint density at radius 3 is 2.76 bits per heavy atom. The minimum Gasteiger partial charge on any atom is -0.383 e. The smallest absolute Gasteiger partial charge is 0.213 e. The fourth-order valence-corrected chi connectivity index (χ4v) is 2.85. The fourth-order valence-electron chi connectivity index (χ4n) is 1.84. The SMILES string of the molecule is Cc1cc(N)n(-c2nc3c(C)cccc3s2)n1. The summed E-state index contributed by atoms with van der Waals surface area (Å²) in [5.74, 6) is 0.624. The van der Waals surface area contributed by atoms with E-state index in [1.807, 2.05) is 19.1 Å². The number of fused-ring (bicyclic) bond motifs is 1. The molecule has 0 saturated carbocycles. The van der Waals surface area contributed by atoms with Crippen molar-refractivity contribution in [3.05, 3.63) is 35.5 Å². The van der Waals surface area contributed by atoms with Gasteiger partial charge in [-0.1, -0.05) is 23.5 Å². The molecule has 86 valence electrons. The third-order valence-corrected chi connectivity index (χ3v) is 3.65. The van der Waals surface area contributed by atoms with Crippen LogP contribution in [-0.4, -0.2) is 14.8 Å². The zero-order valence-electron chi connectivity index (χ0n) is 9.64. The van der Waals surface area contributed by atoms with Gasteiger partial charge in [-0.15, -0.1) is 0 Å². The second kappa shape index (κ2) is 3.56. The van der Waals surface area contributed by atoms with Gasteiger partial charge in [0.15, 0.2) is 0 Å². The number of nitrogens with two attached hydrogens (primary N) is 1. The van der Waals surface area contributed by atoms with Gasteiger partial charge in [0, 0.05) is 6.07 Å². The maximum atomic E-state index is 5.90. The first-order valence-electron chi connectivity index (χ1n) is 5.34. The summed E-state index contributed by atoms with van der Waals surface area (Å²) in [4.78, 5) is 4.60. The summed E-state index contributed by atoms with van der Waals surface area (Å²) in [6.45, 7) is 3.98. The predicted molar refractivity (Wildman–Crippen MR) is 70.6 cm³/mol. The molecule has 0 amide bonds. The molecule has 0 aliphatic heterocycles. The van der Waals surface area contributed by atoms with Crippen molar-refractivity contribution < 1.29 is 0 Å². The molecule has 0 aliphatic rings. The molecule has 0 aliphatic carbocycles. The van der Waals surface area contributed by atoms with Gasteiger partial charge in [0.05, 0.1) is 15.9 Å². The first-order valence-corrected chi connectivity index (χ1v) is 6.15. The summed E-state index contributed by atoms with van der Waals surface area (Å²) >= 11 is 1.60. The van der Waals surface area contributed by atoms with Crippen LogP contribution in [0.25, 0.3) is 15.3 Å². The van der Waals surface area contributed by atoms with E-state index < -0.39 is 0 Å². The average molecular weight is 244 g/mol. The molecule has 1 aromatic carbocycles. The third-order valence-electron chi connectivity index (χ3n) is 2.65. The van der Waals surface area contributed by atoms with Gasteiger partial charge in [-0.25, -0.2) is 4.98 Å². The molecule has 0 fully saturated rings. The normalized spacial score (nSPS) is 11.2. The van der Waals surface area contributed by atoms with Crippen LogP contribution in [0.15, 0.2) is 24.3 Å². The molecule has 0 spiro atoms. The highest BCUT2D eigenvalue weighted by Gasteiger charge is 2.10. The number of benzene rings is 1. The number of aromatic nitrogens is 3. The van der Waals surface area contributed by atoms with Gasteiger partial charge < -0.3 is 5.73 Å². The standard InChI is InChI=1S/C12H12N4S/c1-7-4-3-5-9-11(7)14-12(17-9)16-10(13)6-8(2)15-16/h3-6H,13H2,1-2H3. The summed E-state index contributed by atoms with van der Waals surface area (Å²) in [6, 6.07) is 8.01. The topological polar surface area (TPSA) is 56.7 Å². The molecule has 0 radical (unpaired) electrons. The van der Waals surface area contributed by atoms with Crippen LogP contribution in [-0.2, 0) is 0 Å². The van der Waals surface area contributed by atoms with Crippen LogP contribution in [0.5, 0.6) is 0 Å². The van der Waals surface area contributed by atoms with Crippen molar-refractivity contribution >= 4 is 27.4 Å². The van der Waals surface area contributed by atoms with Crippen LogP contribution in [0, 0.1) is 13.8 Å². The number of thiazole rings is 1. The fraction of sp³-hybridized carbons (Fsp3) is 0.167. The highest BCUT2D eigenvalue weighted by molar-refractivity contribution is 7.20. The third kappa shape index (κ3) is 1.59. The molecule has 0 saturated heterocycles. The molecule has 2 heterocycles. The summed E-state index contributed by atoms with van der Waals surface area (Å²) in [5.41, 5.74) is 9.00. The number of anilines is 1. The minimum absolute atomic E-state index is 0.624. The zero-order chi connectivity index (χ0) is 12.0. The van der Waals surface area contributed by atoms with Crippen LogP contribution in [0.1, 0.15) is 11.3 Å². The maximum absolute atomic E-state index is 5.90. The molecule has 2 aromatic heterocycles. The van der Waals surface area contributed by atoms with E-state index in [2.05, 4.69) is 29.1 Å². The molecule has 0 atom stereocenters. The molecule has 4 nitrogen and oxygen atoms in total. The summed E-state index contributed by atoms with van der Waals surface area (Å²) < 4.78 is 2.85. The molecular weight excluding hydrogens is 232 g/mol. The van der Waals surface area contributed by atoms with E-state index >= 15 is 0 Å². The molecular formula is C12H12N4S. The van der Waals surface area contributed by atoms with E-state index in [1.165, 1.54) is 5.56 Å². The minimum atomic E-state index is 0.624. The quantitative estimate of drug-likeness (QED) is 0.716. The van der Waals surface area contributed by atoms with E-state index in [-0.39, 0.29) is 0 Å². The van der Waals surface area contributed by atoms with Gasteiger partial charge in [0.25, 0.3) is 0 Å². The van der Waals surface area contributed by atoms with E-state index in [1.54, 1.807) is 16.0 Å². The van der Waals surface area contributed by atoms with Crippen LogP contribution < -0.4 is 5.73 Å². The number of rotatable bonds is 1. The lowest BCUT2D eigenvalue weighted by molar-refractivity contribution is 0.865. The first-order chi connectivity index (χ1) is 8.15. The van der Waals surface area contributed by atoms with Crippen molar-refractivity contribution in [2.24, 2.45) is 0 Å². The Labute approximate surface area is 103 Å². The van der Waals surface area contributed by atoms with Gasteiger partial charge in [-0.2, -0.15) is 9.78 Å². The molecule has 3 rings (SSSR count). The second-order valence-electron chi connectivity index (χ2n) is 4.04. The van der Waals surface area contributed by atoms with E-state index in [9.17, 15) is 0 Å². The first kappa shape index (κ1) is 10.3. The molecule has 0 bridgehead atoms. The van der Waals surface area contributed by atoms with Crippen molar-refractivity contribution in [3.63, 3.8) is 0 Å². The van der Waals surface area contributed by atoms with Gasteiger partial charge in [-0.05, 0) is 25.5 Å². The van der Waals surface area contributed by atoms with Gasteiger partial charge >= 0.3 is 0 Å². The van der Waals surface area contributed by atoms with Gasteiger partial charge in [0.2, 0.25) is 5.13 Å². The summed E-state index contributed by atoms with van der Waals surface area (Å²) in [7, 11) is 0. The van der Waals surface area contributed by atoms with E-state index in [0.29, 0.717) is 5.82 Å². The second-order valence-corrected chi connectivity index (χ2v) is 5.05. The Hall–Kier alpha value is -1.88. The number of hydrogen-bond donors (Lipinski definition) is 1. The Morgan fingerprint density at radius 1 is 1.29 bits per heavy atom. The van der Waals surface area contributed by atoms with Crippen LogP contribution in [0.3, 0.4) is 0 Å². The van der Waals surface area contributed by atoms with Crippen molar-refractivity contribution in [2.75, 3.05) is 5.73 Å². The molecule has 3 aromatic rings. The lowest BCUT2D eigenvalue weighted by atomic mass is 10.2. The summed E-state index contributed by atoms with van der Waals surface area (Å²) in [5, 5.41) is 5.16. The van der Waals surface area contributed by atoms with Gasteiger partial charge in [0.1, 0.15) is 5.82 Å². The van der Waals surface area contributed by atoms with Crippen LogP contribution in [0.4, 0.5) is 5.82 Å². The predicted octanol–water partition coefficient (Wildman–Crippen LogP) is 2.68.